The van der Waals surface area contributed by atoms with Crippen molar-refractivity contribution in [2.45, 2.75) is 85.0 Å². The van der Waals surface area contributed by atoms with E-state index >= 15 is 0 Å². The van der Waals surface area contributed by atoms with Crippen LogP contribution in [-0.4, -0.2) is 64.2 Å². The average molecular weight is 578 g/mol. The number of anilines is 1. The van der Waals surface area contributed by atoms with Crippen LogP contribution < -0.4 is 20.9 Å². The Bertz CT molecular complexity index is 1490. The second-order valence-corrected chi connectivity index (χ2v) is 13.0. The number of nitrogens with zero attached hydrogens (tertiary/aromatic N) is 5. The molecule has 0 spiro atoms. The highest BCUT2D eigenvalue weighted by atomic mass is 19.1. The number of methoxy groups -OCH3 is 1. The first-order chi connectivity index (χ1) is 20.0. The van der Waals surface area contributed by atoms with Gasteiger partial charge in [0.1, 0.15) is 17.1 Å². The SMILES string of the molecule is COc1ccc(CCn2nnc3cc(N/C(=N/C4CCC(C)(C)C[C@@H]4C)N4C[C@@H](C)N[C@@H](C)C4)ccc3c2=O)c(F)c1. The zero-order valence-corrected chi connectivity index (χ0v) is 25.7. The molecule has 0 bridgehead atoms. The van der Waals surface area contributed by atoms with Crippen molar-refractivity contribution in [1.82, 2.24) is 25.2 Å². The molecule has 1 aliphatic heterocycles. The summed E-state index contributed by atoms with van der Waals surface area (Å²) >= 11 is 0. The number of piperazine rings is 1. The summed E-state index contributed by atoms with van der Waals surface area (Å²) in [5.74, 6) is 1.45. The van der Waals surface area contributed by atoms with Gasteiger partial charge >= 0.3 is 0 Å². The molecular formula is C32H44FN7O2. The van der Waals surface area contributed by atoms with Gasteiger partial charge < -0.3 is 20.3 Å². The number of aliphatic imine (C=N–C) groups is 1. The van der Waals surface area contributed by atoms with Crippen molar-refractivity contribution in [3.63, 3.8) is 0 Å². The number of fused-ring (bicyclic) bond motifs is 1. The van der Waals surface area contributed by atoms with E-state index in [1.54, 1.807) is 18.2 Å². The van der Waals surface area contributed by atoms with Gasteiger partial charge in [0.25, 0.3) is 5.56 Å². The number of aryl methyl sites for hydroxylation is 2. The van der Waals surface area contributed by atoms with Crippen molar-refractivity contribution >= 4 is 22.5 Å². The summed E-state index contributed by atoms with van der Waals surface area (Å²) in [6, 6.07) is 11.2. The fraction of sp³-hybridized carbons (Fsp3) is 0.562. The normalized spacial score (nSPS) is 24.5. The average Bonchev–Trinajstić information content (AvgIpc) is 2.93. The van der Waals surface area contributed by atoms with E-state index in [0.717, 1.165) is 44.0 Å². The Labute approximate surface area is 247 Å². The molecule has 226 valence electrons. The smallest absolute Gasteiger partial charge is 0.277 e. The summed E-state index contributed by atoms with van der Waals surface area (Å²) in [5, 5.41) is 16.2. The lowest BCUT2D eigenvalue weighted by Crippen LogP contribution is -2.57. The van der Waals surface area contributed by atoms with Crippen molar-refractivity contribution in [2.24, 2.45) is 16.3 Å². The Balaban J connectivity index is 1.37. The minimum atomic E-state index is -0.371. The molecule has 2 fully saturated rings. The molecule has 0 amide bonds. The number of halogens is 1. The Morgan fingerprint density at radius 2 is 1.93 bits per heavy atom. The van der Waals surface area contributed by atoms with Gasteiger partial charge in [-0.2, -0.15) is 0 Å². The number of benzene rings is 2. The Morgan fingerprint density at radius 3 is 2.62 bits per heavy atom. The minimum absolute atomic E-state index is 0.220. The number of rotatable bonds is 6. The fourth-order valence-corrected chi connectivity index (χ4v) is 6.49. The van der Waals surface area contributed by atoms with Gasteiger partial charge in [-0.05, 0) is 80.7 Å². The van der Waals surface area contributed by atoms with Gasteiger partial charge in [0.05, 0.1) is 25.1 Å². The standard InChI is InChI=1S/C32H44FN7O2/c1-20-17-32(4,5)13-11-28(20)36-31(39-18-21(2)34-22(3)19-39)35-24-8-10-26-29(15-24)37-38-40(30(26)41)14-12-23-7-9-25(42-6)16-27(23)33/h7-10,15-16,20-22,28,34H,11-14,17-19H2,1-6H3,(H,35,36)/t20-,21-,22+,28?/m0/s1. The van der Waals surface area contributed by atoms with Crippen LogP contribution in [0.4, 0.5) is 10.1 Å². The Hall–Kier alpha value is -3.53. The molecule has 1 aromatic heterocycles. The molecule has 2 N–H and O–H groups in total. The van der Waals surface area contributed by atoms with Crippen molar-refractivity contribution in [2.75, 3.05) is 25.5 Å². The highest BCUT2D eigenvalue weighted by molar-refractivity contribution is 5.96. The van der Waals surface area contributed by atoms with E-state index < -0.39 is 0 Å². The van der Waals surface area contributed by atoms with Crippen LogP contribution in [0.2, 0.25) is 0 Å². The molecule has 1 saturated carbocycles. The highest BCUT2D eigenvalue weighted by Crippen LogP contribution is 2.40. The summed E-state index contributed by atoms with van der Waals surface area (Å²) in [4.78, 5) is 20.9. The van der Waals surface area contributed by atoms with Gasteiger partial charge in [0, 0.05) is 36.9 Å². The van der Waals surface area contributed by atoms with Crippen LogP contribution in [0.1, 0.15) is 59.4 Å². The van der Waals surface area contributed by atoms with Crippen LogP contribution in [-0.2, 0) is 13.0 Å². The minimum Gasteiger partial charge on any atom is -0.497 e. The van der Waals surface area contributed by atoms with Crippen LogP contribution in [0, 0.1) is 17.2 Å². The lowest BCUT2D eigenvalue weighted by molar-refractivity contribution is 0.168. The van der Waals surface area contributed by atoms with Crippen LogP contribution in [0.5, 0.6) is 5.75 Å². The van der Waals surface area contributed by atoms with Gasteiger partial charge in [-0.3, -0.25) is 4.79 Å². The summed E-state index contributed by atoms with van der Waals surface area (Å²) in [6.45, 7) is 13.4. The summed E-state index contributed by atoms with van der Waals surface area (Å²) in [5.41, 5.74) is 1.91. The van der Waals surface area contributed by atoms with Crippen molar-refractivity contribution in [3.05, 3.63) is 58.1 Å². The second-order valence-electron chi connectivity index (χ2n) is 13.0. The number of nitrogens with one attached hydrogen (secondary N) is 2. The monoisotopic (exact) mass is 577 g/mol. The number of hydrogen-bond donors (Lipinski definition) is 2. The third-order valence-corrected chi connectivity index (χ3v) is 8.63. The molecule has 3 aromatic rings. The lowest BCUT2D eigenvalue weighted by Gasteiger charge is -2.41. The van der Waals surface area contributed by atoms with Crippen molar-refractivity contribution < 1.29 is 9.13 Å². The third-order valence-electron chi connectivity index (χ3n) is 8.63. The van der Waals surface area contributed by atoms with Crippen LogP contribution >= 0.6 is 0 Å². The maximum Gasteiger partial charge on any atom is 0.277 e. The fourth-order valence-electron chi connectivity index (χ4n) is 6.49. The molecule has 0 radical (unpaired) electrons. The maximum atomic E-state index is 14.4. The second kappa shape index (κ2) is 12.4. The topological polar surface area (TPSA) is 96.7 Å². The third kappa shape index (κ3) is 6.91. The Morgan fingerprint density at radius 1 is 1.17 bits per heavy atom. The molecule has 9 nitrogen and oxygen atoms in total. The number of hydrogen-bond acceptors (Lipinski definition) is 6. The molecule has 1 saturated heterocycles. The predicted molar refractivity (Wildman–Crippen MR) is 166 cm³/mol. The molecule has 42 heavy (non-hydrogen) atoms. The molecular weight excluding hydrogens is 533 g/mol. The zero-order valence-electron chi connectivity index (χ0n) is 25.7. The van der Waals surface area contributed by atoms with E-state index in [2.05, 4.69) is 60.5 Å². The molecule has 2 heterocycles. The molecule has 10 heteroatoms. The van der Waals surface area contributed by atoms with Gasteiger partial charge in [-0.1, -0.05) is 32.1 Å². The maximum absolute atomic E-state index is 14.4. The van der Waals surface area contributed by atoms with Gasteiger partial charge in [-0.15, -0.1) is 5.10 Å². The first kappa shape index (κ1) is 29.9. The first-order valence-corrected chi connectivity index (χ1v) is 15.1. The van der Waals surface area contributed by atoms with E-state index in [1.807, 2.05) is 12.1 Å². The van der Waals surface area contributed by atoms with E-state index in [1.165, 1.54) is 17.9 Å². The van der Waals surface area contributed by atoms with E-state index in [9.17, 15) is 9.18 Å². The molecule has 2 aliphatic rings. The first-order valence-electron chi connectivity index (χ1n) is 15.1. The molecule has 4 atom stereocenters. The molecule has 5 rings (SSSR count). The van der Waals surface area contributed by atoms with Crippen LogP contribution in [0.15, 0.2) is 46.2 Å². The molecule has 1 aliphatic carbocycles. The number of guanidine groups is 1. The van der Waals surface area contributed by atoms with E-state index in [4.69, 9.17) is 9.73 Å². The predicted octanol–water partition coefficient (Wildman–Crippen LogP) is 4.85. The Kier molecular flexibility index (Phi) is 8.82. The molecule has 1 unspecified atom stereocenters. The summed E-state index contributed by atoms with van der Waals surface area (Å²) in [6.07, 6.45) is 3.70. The van der Waals surface area contributed by atoms with Gasteiger partial charge in [-0.25, -0.2) is 14.1 Å². The summed E-state index contributed by atoms with van der Waals surface area (Å²) < 4.78 is 20.8. The van der Waals surface area contributed by atoms with Crippen molar-refractivity contribution in [3.8, 4) is 5.75 Å². The summed E-state index contributed by atoms with van der Waals surface area (Å²) in [7, 11) is 1.50. The molecule has 2 aromatic carbocycles. The van der Waals surface area contributed by atoms with Crippen molar-refractivity contribution in [1.29, 1.82) is 0 Å². The van der Waals surface area contributed by atoms with Crippen LogP contribution in [0.3, 0.4) is 0 Å². The van der Waals surface area contributed by atoms with Crippen LogP contribution in [0.25, 0.3) is 10.9 Å². The quantitative estimate of drug-likeness (QED) is 0.320. The van der Waals surface area contributed by atoms with E-state index in [0.29, 0.717) is 52.1 Å². The highest BCUT2D eigenvalue weighted by Gasteiger charge is 2.33. The number of aromatic nitrogens is 3. The van der Waals surface area contributed by atoms with Gasteiger partial charge in [0.2, 0.25) is 0 Å². The lowest BCUT2D eigenvalue weighted by atomic mass is 9.71. The number of ether oxygens (including phenoxy) is 1. The zero-order chi connectivity index (χ0) is 30.0. The largest absolute Gasteiger partial charge is 0.497 e. The van der Waals surface area contributed by atoms with Gasteiger partial charge in [0.15, 0.2) is 5.96 Å². The van der Waals surface area contributed by atoms with E-state index in [-0.39, 0.29) is 24.0 Å².